The van der Waals surface area contributed by atoms with E-state index < -0.39 is 0 Å². The van der Waals surface area contributed by atoms with Crippen molar-refractivity contribution < 1.29 is 4.74 Å². The van der Waals surface area contributed by atoms with Crippen LogP contribution in [0, 0.1) is 0 Å². The van der Waals surface area contributed by atoms with E-state index in [-0.39, 0.29) is 0 Å². The number of ether oxygens (including phenoxy) is 1. The lowest BCUT2D eigenvalue weighted by Crippen LogP contribution is -2.02. The van der Waals surface area contributed by atoms with Gasteiger partial charge >= 0.3 is 0 Å². The van der Waals surface area contributed by atoms with Gasteiger partial charge < -0.3 is 4.74 Å². The van der Waals surface area contributed by atoms with Gasteiger partial charge in [0.1, 0.15) is 16.7 Å². The van der Waals surface area contributed by atoms with Gasteiger partial charge in [-0.25, -0.2) is 9.97 Å². The molecule has 210 valence electrons. The number of fused-ring (bicyclic) bond motifs is 1. The smallest absolute Gasteiger partial charge is 0.241 e. The molecule has 0 fully saturated rings. The molecule has 2 aromatic heterocycles. The Bertz CT molecular complexity index is 971. The summed E-state index contributed by atoms with van der Waals surface area (Å²) >= 11 is 1.64. The normalized spacial score (nSPS) is 11.4. The Morgan fingerprint density at radius 1 is 0.553 bits per heavy atom. The van der Waals surface area contributed by atoms with Gasteiger partial charge in [0.25, 0.3) is 0 Å². The average molecular weight is 537 g/mol. The summed E-state index contributed by atoms with van der Waals surface area (Å²) < 4.78 is 6.14. The van der Waals surface area contributed by atoms with Crippen LogP contribution in [0.2, 0.25) is 0 Å². The second kappa shape index (κ2) is 20.0. The van der Waals surface area contributed by atoms with E-state index in [2.05, 4.69) is 24.4 Å². The summed E-state index contributed by atoms with van der Waals surface area (Å²) in [6.45, 7) is 3.01. The highest BCUT2D eigenvalue weighted by molar-refractivity contribution is 7.09. The van der Waals surface area contributed by atoms with Gasteiger partial charge in [-0.15, -0.1) is 11.3 Å². The SMILES string of the molecule is CCCCCCCCCCCCCCCCCCCCCCOc1nc2cscc2nc1-c1ccccc1. The van der Waals surface area contributed by atoms with Crippen LogP contribution < -0.4 is 4.74 Å². The standard InChI is InChI=1S/C34H52N2OS/c1-2-3-4-5-6-7-8-9-10-11-12-13-14-15-16-17-18-19-20-24-27-37-34-33(30-25-22-21-23-26-30)35-31-28-38-29-32(31)36-34/h21-23,25-26,28-29H,2-20,24,27H2,1H3. The lowest BCUT2D eigenvalue weighted by molar-refractivity contribution is 0.294. The Morgan fingerprint density at radius 3 is 1.50 bits per heavy atom. The maximum absolute atomic E-state index is 6.14. The first-order valence-corrected chi connectivity index (χ1v) is 16.7. The molecule has 0 saturated carbocycles. The Kier molecular flexibility index (Phi) is 16.1. The second-order valence-electron chi connectivity index (χ2n) is 11.0. The molecule has 4 heteroatoms. The molecule has 0 spiro atoms. The molecule has 0 radical (unpaired) electrons. The summed E-state index contributed by atoms with van der Waals surface area (Å²) in [6.07, 6.45) is 28.0. The van der Waals surface area contributed by atoms with Crippen LogP contribution in [-0.2, 0) is 0 Å². The second-order valence-corrected chi connectivity index (χ2v) is 11.7. The number of hydrogen-bond acceptors (Lipinski definition) is 4. The quantitative estimate of drug-likeness (QED) is 0.113. The van der Waals surface area contributed by atoms with Crippen molar-refractivity contribution in [3.63, 3.8) is 0 Å². The average Bonchev–Trinajstić information content (AvgIpc) is 3.41. The zero-order valence-corrected chi connectivity index (χ0v) is 24.9. The van der Waals surface area contributed by atoms with Crippen molar-refractivity contribution in [3.05, 3.63) is 41.1 Å². The van der Waals surface area contributed by atoms with Crippen molar-refractivity contribution >= 4 is 22.4 Å². The molecule has 3 aromatic rings. The number of rotatable bonds is 23. The molecule has 0 aliphatic heterocycles. The van der Waals surface area contributed by atoms with Crippen LogP contribution in [-0.4, -0.2) is 16.6 Å². The van der Waals surface area contributed by atoms with Crippen LogP contribution in [0.3, 0.4) is 0 Å². The zero-order chi connectivity index (χ0) is 26.5. The highest BCUT2D eigenvalue weighted by Crippen LogP contribution is 2.30. The van der Waals surface area contributed by atoms with Gasteiger partial charge in [0, 0.05) is 16.3 Å². The first kappa shape index (κ1) is 30.6. The van der Waals surface area contributed by atoms with Gasteiger partial charge in [0.15, 0.2) is 0 Å². The van der Waals surface area contributed by atoms with E-state index in [4.69, 9.17) is 14.7 Å². The number of aromatic nitrogens is 2. The number of thiophene rings is 1. The van der Waals surface area contributed by atoms with Crippen LogP contribution in [0.15, 0.2) is 41.1 Å². The predicted octanol–water partition coefficient (Wildman–Crippen LogP) is 11.6. The molecule has 1 aromatic carbocycles. The Morgan fingerprint density at radius 2 is 1.00 bits per heavy atom. The van der Waals surface area contributed by atoms with Gasteiger partial charge in [-0.05, 0) is 6.42 Å². The van der Waals surface area contributed by atoms with Gasteiger partial charge in [-0.1, -0.05) is 159 Å². The molecule has 0 aliphatic carbocycles. The molecule has 0 saturated heterocycles. The summed E-state index contributed by atoms with van der Waals surface area (Å²) in [7, 11) is 0. The van der Waals surface area contributed by atoms with Crippen molar-refractivity contribution in [2.45, 2.75) is 135 Å². The van der Waals surface area contributed by atoms with Crippen LogP contribution >= 0.6 is 11.3 Å². The van der Waals surface area contributed by atoms with E-state index in [9.17, 15) is 0 Å². The molecule has 0 atom stereocenters. The zero-order valence-electron chi connectivity index (χ0n) is 24.1. The summed E-state index contributed by atoms with van der Waals surface area (Å²) in [6, 6.07) is 10.3. The third-order valence-corrected chi connectivity index (χ3v) is 8.28. The van der Waals surface area contributed by atoms with E-state index in [1.165, 1.54) is 122 Å². The van der Waals surface area contributed by atoms with E-state index in [0.717, 1.165) is 28.7 Å². The molecular formula is C34H52N2OS. The molecule has 38 heavy (non-hydrogen) atoms. The highest BCUT2D eigenvalue weighted by Gasteiger charge is 2.13. The van der Waals surface area contributed by atoms with E-state index in [0.29, 0.717) is 12.5 Å². The number of hydrogen-bond donors (Lipinski definition) is 0. The van der Waals surface area contributed by atoms with Gasteiger partial charge in [-0.3, -0.25) is 0 Å². The first-order chi connectivity index (χ1) is 18.9. The van der Waals surface area contributed by atoms with Crippen molar-refractivity contribution in [2.75, 3.05) is 6.61 Å². The molecule has 2 heterocycles. The van der Waals surface area contributed by atoms with Gasteiger partial charge in [-0.2, -0.15) is 0 Å². The molecule has 3 rings (SSSR count). The lowest BCUT2D eigenvalue weighted by atomic mass is 10.0. The Hall–Kier alpha value is -1.94. The molecular weight excluding hydrogens is 484 g/mol. The van der Waals surface area contributed by atoms with Crippen LogP contribution in [0.25, 0.3) is 22.3 Å². The van der Waals surface area contributed by atoms with E-state index in [1.54, 1.807) is 11.3 Å². The minimum absolute atomic E-state index is 0.667. The van der Waals surface area contributed by atoms with Gasteiger partial charge in [0.2, 0.25) is 5.88 Å². The lowest BCUT2D eigenvalue weighted by Gasteiger charge is -2.10. The van der Waals surface area contributed by atoms with Crippen molar-refractivity contribution in [2.24, 2.45) is 0 Å². The summed E-state index contributed by atoms with van der Waals surface area (Å²) in [5, 5.41) is 4.10. The Labute approximate surface area is 236 Å². The Balaban J connectivity index is 1.13. The maximum Gasteiger partial charge on any atom is 0.241 e. The van der Waals surface area contributed by atoms with Crippen molar-refractivity contribution in [1.82, 2.24) is 9.97 Å². The molecule has 0 aliphatic rings. The number of nitrogens with zero attached hydrogens (tertiary/aromatic N) is 2. The number of benzene rings is 1. The molecule has 0 N–H and O–H groups in total. The molecule has 0 bridgehead atoms. The molecule has 3 nitrogen and oxygen atoms in total. The first-order valence-electron chi connectivity index (χ1n) is 15.8. The van der Waals surface area contributed by atoms with Gasteiger partial charge in [0.05, 0.1) is 6.61 Å². The topological polar surface area (TPSA) is 35.0 Å². The van der Waals surface area contributed by atoms with Crippen LogP contribution in [0.1, 0.15) is 135 Å². The van der Waals surface area contributed by atoms with Crippen molar-refractivity contribution in [3.8, 4) is 17.1 Å². The largest absolute Gasteiger partial charge is 0.476 e. The third-order valence-electron chi connectivity index (χ3n) is 7.56. The third kappa shape index (κ3) is 12.3. The molecule has 0 unspecified atom stereocenters. The van der Waals surface area contributed by atoms with E-state index in [1.807, 2.05) is 23.6 Å². The van der Waals surface area contributed by atoms with Crippen LogP contribution in [0.5, 0.6) is 5.88 Å². The summed E-state index contributed by atoms with van der Waals surface area (Å²) in [5.74, 6) is 0.667. The summed E-state index contributed by atoms with van der Waals surface area (Å²) in [5.41, 5.74) is 3.78. The summed E-state index contributed by atoms with van der Waals surface area (Å²) in [4.78, 5) is 9.59. The number of unbranched alkanes of at least 4 members (excludes halogenated alkanes) is 19. The fourth-order valence-corrected chi connectivity index (χ4v) is 5.87. The monoisotopic (exact) mass is 536 g/mol. The van der Waals surface area contributed by atoms with E-state index >= 15 is 0 Å². The fourth-order valence-electron chi connectivity index (χ4n) is 5.19. The van der Waals surface area contributed by atoms with Crippen molar-refractivity contribution in [1.29, 1.82) is 0 Å². The van der Waals surface area contributed by atoms with Crippen LogP contribution in [0.4, 0.5) is 0 Å². The highest BCUT2D eigenvalue weighted by atomic mass is 32.1. The maximum atomic E-state index is 6.14. The minimum Gasteiger partial charge on any atom is -0.476 e. The minimum atomic E-state index is 0.667. The molecule has 0 amide bonds. The predicted molar refractivity (Wildman–Crippen MR) is 166 cm³/mol. The fraction of sp³-hybridized carbons (Fsp3) is 0.647.